The van der Waals surface area contributed by atoms with Crippen LogP contribution in [-0.4, -0.2) is 47.5 Å². The Morgan fingerprint density at radius 2 is 2.26 bits per heavy atom. The summed E-state index contributed by atoms with van der Waals surface area (Å²) in [6.45, 7) is 3.94. The first kappa shape index (κ1) is 14.3. The van der Waals surface area contributed by atoms with Crippen molar-refractivity contribution in [1.82, 2.24) is 9.88 Å². The van der Waals surface area contributed by atoms with E-state index in [0.717, 1.165) is 31.5 Å². The largest absolute Gasteiger partial charge is 0.377 e. The quantitative estimate of drug-likeness (QED) is 0.796. The van der Waals surface area contributed by atoms with Crippen molar-refractivity contribution in [2.24, 2.45) is 0 Å². The second-order valence-electron chi connectivity index (χ2n) is 4.72. The van der Waals surface area contributed by atoms with Gasteiger partial charge in [0.25, 0.3) is 5.91 Å². The molecule has 0 aliphatic carbocycles. The Morgan fingerprint density at radius 1 is 1.53 bits per heavy atom. The summed E-state index contributed by atoms with van der Waals surface area (Å²) in [5.41, 5.74) is 1.48. The standard InChI is InChI=1S/C14H19ClN2O2/c1-11-3-2-7-16-13(11)14(18)17-8-4-12(5-9-17)19-10-6-15/h2-3,7,12H,4-6,8-10H2,1H3. The van der Waals surface area contributed by atoms with Crippen LogP contribution in [-0.2, 0) is 4.74 Å². The molecule has 1 fully saturated rings. The maximum atomic E-state index is 12.3. The van der Waals surface area contributed by atoms with Gasteiger partial charge in [-0.2, -0.15) is 0 Å². The molecule has 1 aromatic rings. The van der Waals surface area contributed by atoms with Gasteiger partial charge in [-0.05, 0) is 31.4 Å². The molecular formula is C14H19ClN2O2. The lowest BCUT2D eigenvalue weighted by molar-refractivity contribution is 0.0152. The number of piperidine rings is 1. The Kier molecular flexibility index (Phi) is 5.16. The highest BCUT2D eigenvalue weighted by atomic mass is 35.5. The number of nitrogens with zero attached hydrogens (tertiary/aromatic N) is 2. The number of pyridine rings is 1. The maximum Gasteiger partial charge on any atom is 0.272 e. The molecule has 1 saturated heterocycles. The van der Waals surface area contributed by atoms with Crippen molar-refractivity contribution in [3.8, 4) is 0 Å². The lowest BCUT2D eigenvalue weighted by Gasteiger charge is -2.31. The summed E-state index contributed by atoms with van der Waals surface area (Å²) in [7, 11) is 0. The van der Waals surface area contributed by atoms with Gasteiger partial charge in [-0.25, -0.2) is 0 Å². The van der Waals surface area contributed by atoms with Gasteiger partial charge >= 0.3 is 0 Å². The maximum absolute atomic E-state index is 12.3. The summed E-state index contributed by atoms with van der Waals surface area (Å²) in [6, 6.07) is 3.76. The van der Waals surface area contributed by atoms with Crippen LogP contribution in [0.1, 0.15) is 28.9 Å². The van der Waals surface area contributed by atoms with Gasteiger partial charge in [-0.3, -0.25) is 9.78 Å². The Bertz CT molecular complexity index is 431. The lowest BCUT2D eigenvalue weighted by Crippen LogP contribution is -2.41. The van der Waals surface area contributed by atoms with Crippen LogP contribution in [0.5, 0.6) is 0 Å². The monoisotopic (exact) mass is 282 g/mol. The van der Waals surface area contributed by atoms with Crippen LogP contribution in [0.2, 0.25) is 0 Å². The fraction of sp³-hybridized carbons (Fsp3) is 0.571. The van der Waals surface area contributed by atoms with Gasteiger partial charge in [0, 0.05) is 25.2 Å². The van der Waals surface area contributed by atoms with Gasteiger partial charge in [-0.15, -0.1) is 11.6 Å². The molecule has 2 rings (SSSR count). The van der Waals surface area contributed by atoms with Crippen LogP contribution in [0.4, 0.5) is 0 Å². The van der Waals surface area contributed by atoms with E-state index in [9.17, 15) is 4.79 Å². The number of hydrogen-bond acceptors (Lipinski definition) is 3. The van der Waals surface area contributed by atoms with E-state index in [4.69, 9.17) is 16.3 Å². The summed E-state index contributed by atoms with van der Waals surface area (Å²) < 4.78 is 5.60. The molecule has 0 bridgehead atoms. The Morgan fingerprint density at radius 3 is 2.89 bits per heavy atom. The number of halogens is 1. The van der Waals surface area contributed by atoms with Gasteiger partial charge in [-0.1, -0.05) is 6.07 Å². The lowest BCUT2D eigenvalue weighted by atomic mass is 10.1. The van der Waals surface area contributed by atoms with Crippen molar-refractivity contribution in [3.63, 3.8) is 0 Å². The highest BCUT2D eigenvalue weighted by Gasteiger charge is 2.25. The first-order chi connectivity index (χ1) is 9.22. The van der Waals surface area contributed by atoms with E-state index in [-0.39, 0.29) is 12.0 Å². The van der Waals surface area contributed by atoms with E-state index in [1.807, 2.05) is 24.0 Å². The fourth-order valence-corrected chi connectivity index (χ4v) is 2.39. The number of rotatable bonds is 4. The van der Waals surface area contributed by atoms with E-state index in [0.29, 0.717) is 18.2 Å². The number of aromatic nitrogens is 1. The highest BCUT2D eigenvalue weighted by Crippen LogP contribution is 2.16. The van der Waals surface area contributed by atoms with E-state index in [1.54, 1.807) is 6.20 Å². The third-order valence-corrected chi connectivity index (χ3v) is 3.53. The molecule has 1 aromatic heterocycles. The zero-order valence-corrected chi connectivity index (χ0v) is 11.9. The van der Waals surface area contributed by atoms with Crippen LogP contribution in [0.25, 0.3) is 0 Å². The van der Waals surface area contributed by atoms with E-state index in [1.165, 1.54) is 0 Å². The predicted molar refractivity (Wildman–Crippen MR) is 74.6 cm³/mol. The van der Waals surface area contributed by atoms with E-state index < -0.39 is 0 Å². The summed E-state index contributed by atoms with van der Waals surface area (Å²) in [5, 5.41) is 0. The third kappa shape index (κ3) is 3.67. The SMILES string of the molecule is Cc1cccnc1C(=O)N1CCC(OCCCl)CC1. The van der Waals surface area contributed by atoms with Gasteiger partial charge in [0.15, 0.2) is 0 Å². The first-order valence-electron chi connectivity index (χ1n) is 6.61. The highest BCUT2D eigenvalue weighted by molar-refractivity contribution is 6.17. The topological polar surface area (TPSA) is 42.4 Å². The molecule has 5 heteroatoms. The summed E-state index contributed by atoms with van der Waals surface area (Å²) in [5.74, 6) is 0.542. The second-order valence-corrected chi connectivity index (χ2v) is 5.10. The van der Waals surface area contributed by atoms with Crippen LogP contribution in [0.3, 0.4) is 0 Å². The first-order valence-corrected chi connectivity index (χ1v) is 7.14. The Hall–Kier alpha value is -1.13. The van der Waals surface area contributed by atoms with Gasteiger partial charge < -0.3 is 9.64 Å². The Balaban J connectivity index is 1.91. The minimum atomic E-state index is 0.0221. The number of alkyl halides is 1. The summed E-state index contributed by atoms with van der Waals surface area (Å²) in [6.07, 6.45) is 3.63. The summed E-state index contributed by atoms with van der Waals surface area (Å²) >= 11 is 5.60. The van der Waals surface area contributed by atoms with Crippen LogP contribution >= 0.6 is 11.6 Å². The second kappa shape index (κ2) is 6.87. The van der Waals surface area contributed by atoms with Gasteiger partial charge in [0.05, 0.1) is 12.7 Å². The van der Waals surface area contributed by atoms with Gasteiger partial charge in [0.1, 0.15) is 5.69 Å². The Labute approximate surface area is 118 Å². The van der Waals surface area contributed by atoms with Crippen molar-refractivity contribution in [3.05, 3.63) is 29.6 Å². The fourth-order valence-electron chi connectivity index (χ4n) is 2.30. The molecule has 0 N–H and O–H groups in total. The summed E-state index contributed by atoms with van der Waals surface area (Å²) in [4.78, 5) is 18.4. The van der Waals surface area contributed by atoms with Crippen LogP contribution in [0, 0.1) is 6.92 Å². The number of ether oxygens (including phenoxy) is 1. The van der Waals surface area contributed by atoms with Gasteiger partial charge in [0.2, 0.25) is 0 Å². The third-order valence-electron chi connectivity index (χ3n) is 3.37. The van der Waals surface area contributed by atoms with Crippen molar-refractivity contribution < 1.29 is 9.53 Å². The van der Waals surface area contributed by atoms with Crippen LogP contribution in [0.15, 0.2) is 18.3 Å². The van der Waals surface area contributed by atoms with E-state index >= 15 is 0 Å². The molecule has 1 aliphatic heterocycles. The molecule has 0 atom stereocenters. The molecule has 104 valence electrons. The van der Waals surface area contributed by atoms with E-state index in [2.05, 4.69) is 4.98 Å². The van der Waals surface area contributed by atoms with Crippen molar-refractivity contribution in [1.29, 1.82) is 0 Å². The smallest absolute Gasteiger partial charge is 0.272 e. The number of amides is 1. The minimum absolute atomic E-state index is 0.0221. The zero-order valence-electron chi connectivity index (χ0n) is 11.1. The van der Waals surface area contributed by atoms with Crippen molar-refractivity contribution in [2.45, 2.75) is 25.9 Å². The van der Waals surface area contributed by atoms with Crippen molar-refractivity contribution in [2.75, 3.05) is 25.6 Å². The average molecular weight is 283 g/mol. The number of likely N-dealkylation sites (tertiary alicyclic amines) is 1. The molecule has 19 heavy (non-hydrogen) atoms. The van der Waals surface area contributed by atoms with Crippen LogP contribution < -0.4 is 0 Å². The molecule has 0 spiro atoms. The molecule has 0 unspecified atom stereocenters. The molecule has 0 aromatic carbocycles. The molecular weight excluding hydrogens is 264 g/mol. The molecule has 4 nitrogen and oxygen atoms in total. The predicted octanol–water partition coefficient (Wildman–Crippen LogP) is 2.25. The normalized spacial score (nSPS) is 16.6. The number of carbonyl (C=O) groups excluding carboxylic acids is 1. The molecule has 2 heterocycles. The molecule has 1 aliphatic rings. The molecule has 0 radical (unpaired) electrons. The molecule has 0 saturated carbocycles. The average Bonchev–Trinajstić information content (AvgIpc) is 2.45. The molecule has 1 amide bonds. The zero-order chi connectivity index (χ0) is 13.7. The minimum Gasteiger partial charge on any atom is -0.377 e. The van der Waals surface area contributed by atoms with Crippen molar-refractivity contribution >= 4 is 17.5 Å². The number of aryl methyl sites for hydroxylation is 1. The number of hydrogen-bond donors (Lipinski definition) is 0. The number of carbonyl (C=O) groups is 1.